The van der Waals surface area contributed by atoms with Crippen molar-refractivity contribution in [3.8, 4) is 11.3 Å². The van der Waals surface area contributed by atoms with Crippen LogP contribution in [0.25, 0.3) is 11.3 Å². The van der Waals surface area contributed by atoms with E-state index in [-0.39, 0.29) is 10.5 Å². The van der Waals surface area contributed by atoms with Crippen LogP contribution in [-0.4, -0.2) is 37.7 Å². The molecule has 2 aromatic carbocycles. The first-order valence-corrected chi connectivity index (χ1v) is 10.9. The number of carbonyl (C=O) groups excluding carboxylic acids is 1. The second-order valence-corrected chi connectivity index (χ2v) is 9.62. The van der Waals surface area contributed by atoms with Gasteiger partial charge in [-0.25, -0.2) is 17.7 Å². The number of sulfonamides is 1. The predicted octanol–water partition coefficient (Wildman–Crippen LogP) is 4.08. The lowest BCUT2D eigenvalue weighted by molar-refractivity contribution is 0.102. The third-order valence-electron chi connectivity index (χ3n) is 3.75. The summed E-state index contributed by atoms with van der Waals surface area (Å²) >= 11 is 4.54. The lowest BCUT2D eigenvalue weighted by Crippen LogP contribution is -2.23. The number of anilines is 1. The van der Waals surface area contributed by atoms with Crippen molar-refractivity contribution in [2.75, 3.05) is 19.4 Å². The molecule has 1 aromatic heterocycles. The molecule has 6 nitrogen and oxygen atoms in total. The number of hydrogen-bond donors (Lipinski definition) is 1. The van der Waals surface area contributed by atoms with Crippen LogP contribution in [0.1, 0.15) is 10.4 Å². The van der Waals surface area contributed by atoms with Crippen molar-refractivity contribution >= 4 is 48.3 Å². The van der Waals surface area contributed by atoms with Crippen molar-refractivity contribution in [3.05, 3.63) is 63.9 Å². The molecule has 140 valence electrons. The standard InChI is InChI=1S/C18H16BrN3O3S2/c1-22(2)27(24,25)16-10-13(8-9-14(16)19)17(23)21-18-20-15(11-26-18)12-6-4-3-5-7-12/h3-11H,1-2H3,(H,20,21,23). The van der Waals surface area contributed by atoms with Crippen LogP contribution in [0.15, 0.2) is 63.3 Å². The summed E-state index contributed by atoms with van der Waals surface area (Å²) in [6.45, 7) is 0. The molecule has 27 heavy (non-hydrogen) atoms. The van der Waals surface area contributed by atoms with E-state index in [2.05, 4.69) is 26.2 Å². The summed E-state index contributed by atoms with van der Waals surface area (Å²) in [7, 11) is -0.796. The minimum absolute atomic E-state index is 0.0317. The molecule has 0 aliphatic carbocycles. The monoisotopic (exact) mass is 465 g/mol. The van der Waals surface area contributed by atoms with Gasteiger partial charge in [0.25, 0.3) is 5.91 Å². The molecule has 0 bridgehead atoms. The number of halogens is 1. The van der Waals surface area contributed by atoms with Crippen LogP contribution in [-0.2, 0) is 10.0 Å². The summed E-state index contributed by atoms with van der Waals surface area (Å²) in [5, 5.41) is 5.02. The van der Waals surface area contributed by atoms with E-state index in [1.54, 1.807) is 12.1 Å². The van der Waals surface area contributed by atoms with Crippen LogP contribution < -0.4 is 5.32 Å². The number of aromatic nitrogens is 1. The van der Waals surface area contributed by atoms with Gasteiger partial charge in [0, 0.05) is 35.1 Å². The molecule has 0 radical (unpaired) electrons. The second-order valence-electron chi connectivity index (χ2n) is 5.79. The van der Waals surface area contributed by atoms with Crippen LogP contribution in [0.2, 0.25) is 0 Å². The van der Waals surface area contributed by atoms with E-state index in [1.807, 2.05) is 35.7 Å². The summed E-state index contributed by atoms with van der Waals surface area (Å²) in [6, 6.07) is 14.1. The Hall–Kier alpha value is -2.07. The Kier molecular flexibility index (Phi) is 5.75. The number of benzene rings is 2. The van der Waals surface area contributed by atoms with Crippen LogP contribution in [0, 0.1) is 0 Å². The summed E-state index contributed by atoms with van der Waals surface area (Å²) < 4.78 is 26.3. The molecule has 0 aliphatic heterocycles. The van der Waals surface area contributed by atoms with Crippen LogP contribution in [0.3, 0.4) is 0 Å². The Morgan fingerprint density at radius 1 is 1.15 bits per heavy atom. The van der Waals surface area contributed by atoms with Gasteiger partial charge >= 0.3 is 0 Å². The second kappa shape index (κ2) is 7.89. The van der Waals surface area contributed by atoms with E-state index in [0.29, 0.717) is 9.60 Å². The molecule has 3 aromatic rings. The molecular formula is C18H16BrN3O3S2. The van der Waals surface area contributed by atoms with E-state index in [0.717, 1.165) is 15.6 Å². The molecule has 3 rings (SSSR count). The van der Waals surface area contributed by atoms with Crippen molar-refractivity contribution in [1.82, 2.24) is 9.29 Å². The molecule has 0 aliphatic rings. The maximum absolute atomic E-state index is 12.6. The van der Waals surface area contributed by atoms with E-state index in [1.165, 1.54) is 31.5 Å². The van der Waals surface area contributed by atoms with Gasteiger partial charge in [-0.3, -0.25) is 10.1 Å². The lowest BCUT2D eigenvalue weighted by atomic mass is 10.2. The quantitative estimate of drug-likeness (QED) is 0.615. The summed E-state index contributed by atoms with van der Waals surface area (Å²) in [5.74, 6) is -0.424. The molecule has 0 fully saturated rings. The Bertz CT molecular complexity index is 1080. The zero-order valence-corrected chi connectivity index (χ0v) is 17.7. The van der Waals surface area contributed by atoms with Gasteiger partial charge in [-0.2, -0.15) is 0 Å². The van der Waals surface area contributed by atoms with E-state index in [9.17, 15) is 13.2 Å². The number of nitrogens with zero attached hydrogens (tertiary/aromatic N) is 2. The van der Waals surface area contributed by atoms with Gasteiger partial charge in [0.05, 0.1) is 10.6 Å². The number of carbonyl (C=O) groups is 1. The van der Waals surface area contributed by atoms with Gasteiger partial charge in [0.2, 0.25) is 10.0 Å². The smallest absolute Gasteiger partial charge is 0.257 e. The highest BCUT2D eigenvalue weighted by Crippen LogP contribution is 2.27. The fourth-order valence-electron chi connectivity index (χ4n) is 2.28. The number of thiazole rings is 1. The molecule has 1 amide bonds. The summed E-state index contributed by atoms with van der Waals surface area (Å²) in [5.41, 5.74) is 1.95. The maximum atomic E-state index is 12.6. The van der Waals surface area contributed by atoms with Gasteiger partial charge < -0.3 is 0 Å². The maximum Gasteiger partial charge on any atom is 0.257 e. The Morgan fingerprint density at radius 2 is 1.85 bits per heavy atom. The summed E-state index contributed by atoms with van der Waals surface area (Å²) in [6.07, 6.45) is 0. The van der Waals surface area contributed by atoms with E-state index >= 15 is 0 Å². The summed E-state index contributed by atoms with van der Waals surface area (Å²) in [4.78, 5) is 17.0. The number of nitrogens with one attached hydrogen (secondary N) is 1. The van der Waals surface area contributed by atoms with Crippen LogP contribution >= 0.6 is 27.3 Å². The highest BCUT2D eigenvalue weighted by Gasteiger charge is 2.22. The predicted molar refractivity (Wildman–Crippen MR) is 111 cm³/mol. The molecule has 0 atom stereocenters. The van der Waals surface area contributed by atoms with Crippen molar-refractivity contribution in [1.29, 1.82) is 0 Å². The SMILES string of the molecule is CN(C)S(=O)(=O)c1cc(C(=O)Nc2nc(-c3ccccc3)cs2)ccc1Br. The normalized spacial score (nSPS) is 11.6. The third kappa shape index (κ3) is 4.27. The van der Waals surface area contributed by atoms with Gasteiger partial charge in [-0.15, -0.1) is 11.3 Å². The van der Waals surface area contributed by atoms with Crippen molar-refractivity contribution in [3.63, 3.8) is 0 Å². The molecule has 9 heteroatoms. The highest BCUT2D eigenvalue weighted by molar-refractivity contribution is 9.10. The molecular weight excluding hydrogens is 450 g/mol. The topological polar surface area (TPSA) is 79.4 Å². The first kappa shape index (κ1) is 19.7. The zero-order chi connectivity index (χ0) is 19.6. The molecule has 0 saturated heterocycles. The first-order chi connectivity index (χ1) is 12.8. The Balaban J connectivity index is 1.84. The molecule has 0 saturated carbocycles. The fourth-order valence-corrected chi connectivity index (χ4v) is 4.84. The van der Waals surface area contributed by atoms with Gasteiger partial charge in [-0.05, 0) is 34.1 Å². The third-order valence-corrected chi connectivity index (χ3v) is 7.31. The number of amides is 1. The molecule has 1 N–H and O–H groups in total. The van der Waals surface area contributed by atoms with E-state index in [4.69, 9.17) is 0 Å². The van der Waals surface area contributed by atoms with E-state index < -0.39 is 15.9 Å². The minimum Gasteiger partial charge on any atom is -0.298 e. The number of rotatable bonds is 5. The van der Waals surface area contributed by atoms with Gasteiger partial charge in [0.1, 0.15) is 0 Å². The molecule has 0 unspecified atom stereocenters. The van der Waals surface area contributed by atoms with Gasteiger partial charge in [0.15, 0.2) is 5.13 Å². The Morgan fingerprint density at radius 3 is 2.52 bits per heavy atom. The molecule has 1 heterocycles. The lowest BCUT2D eigenvalue weighted by Gasteiger charge is -2.13. The van der Waals surface area contributed by atoms with Crippen molar-refractivity contribution in [2.45, 2.75) is 4.90 Å². The highest BCUT2D eigenvalue weighted by atomic mass is 79.9. The van der Waals surface area contributed by atoms with Crippen LogP contribution in [0.5, 0.6) is 0 Å². The first-order valence-electron chi connectivity index (χ1n) is 7.83. The average Bonchev–Trinajstić information content (AvgIpc) is 3.11. The zero-order valence-electron chi connectivity index (χ0n) is 14.5. The van der Waals surface area contributed by atoms with Gasteiger partial charge in [-0.1, -0.05) is 30.3 Å². The van der Waals surface area contributed by atoms with Crippen LogP contribution in [0.4, 0.5) is 5.13 Å². The minimum atomic E-state index is -3.67. The van der Waals surface area contributed by atoms with Crippen molar-refractivity contribution < 1.29 is 13.2 Å². The fraction of sp³-hybridized carbons (Fsp3) is 0.111. The number of hydrogen-bond acceptors (Lipinski definition) is 5. The molecule has 0 spiro atoms. The largest absolute Gasteiger partial charge is 0.298 e. The van der Waals surface area contributed by atoms with Crippen molar-refractivity contribution in [2.24, 2.45) is 0 Å². The average molecular weight is 466 g/mol. The Labute approximate surface area is 170 Å².